The standard InChI is InChI=1S/C16H18F2N4O/c1-22-6-5-19-8-13(22)15-20-16(23-21-15)11-7-10(11)9-3-2-4-12(17)14(9)18/h2-4,10-11,13,19H,5-8H2,1H3. The van der Waals surface area contributed by atoms with Crippen molar-refractivity contribution in [2.45, 2.75) is 24.3 Å². The van der Waals surface area contributed by atoms with Gasteiger partial charge in [-0.05, 0) is 31.0 Å². The summed E-state index contributed by atoms with van der Waals surface area (Å²) >= 11 is 0. The molecule has 2 aromatic rings. The summed E-state index contributed by atoms with van der Waals surface area (Å²) in [6.45, 7) is 2.65. The van der Waals surface area contributed by atoms with Crippen LogP contribution in [-0.2, 0) is 0 Å². The Balaban J connectivity index is 1.51. The Hall–Kier alpha value is -1.86. The zero-order chi connectivity index (χ0) is 16.0. The first-order chi connectivity index (χ1) is 11.1. The molecule has 7 heteroatoms. The third-order valence-electron chi connectivity index (χ3n) is 4.76. The predicted octanol–water partition coefficient (Wildman–Crippen LogP) is 2.19. The first kappa shape index (κ1) is 14.7. The van der Waals surface area contributed by atoms with Gasteiger partial charge in [-0.1, -0.05) is 17.3 Å². The van der Waals surface area contributed by atoms with E-state index in [1.165, 1.54) is 6.07 Å². The second-order valence-electron chi connectivity index (χ2n) is 6.28. The van der Waals surface area contributed by atoms with Crippen molar-refractivity contribution in [1.29, 1.82) is 0 Å². The quantitative estimate of drug-likeness (QED) is 0.939. The molecule has 1 aromatic carbocycles. The molecular weight excluding hydrogens is 302 g/mol. The van der Waals surface area contributed by atoms with E-state index >= 15 is 0 Å². The molecule has 3 atom stereocenters. The van der Waals surface area contributed by atoms with Crippen molar-refractivity contribution in [1.82, 2.24) is 20.4 Å². The second kappa shape index (κ2) is 5.65. The van der Waals surface area contributed by atoms with Crippen LogP contribution in [0.1, 0.15) is 41.6 Å². The topological polar surface area (TPSA) is 54.2 Å². The average Bonchev–Trinajstić information content (AvgIpc) is 3.19. The summed E-state index contributed by atoms with van der Waals surface area (Å²) in [5.41, 5.74) is 0.395. The molecule has 2 heterocycles. The van der Waals surface area contributed by atoms with Crippen LogP contribution in [0.3, 0.4) is 0 Å². The molecule has 5 nitrogen and oxygen atoms in total. The Kier molecular flexibility index (Phi) is 3.61. The van der Waals surface area contributed by atoms with Gasteiger partial charge in [0, 0.05) is 25.6 Å². The van der Waals surface area contributed by atoms with Crippen LogP contribution in [0.4, 0.5) is 8.78 Å². The van der Waals surface area contributed by atoms with Crippen molar-refractivity contribution in [3.8, 4) is 0 Å². The van der Waals surface area contributed by atoms with E-state index in [4.69, 9.17) is 4.52 Å². The summed E-state index contributed by atoms with van der Waals surface area (Å²) in [5, 5.41) is 7.40. The van der Waals surface area contributed by atoms with Crippen LogP contribution in [0.2, 0.25) is 0 Å². The van der Waals surface area contributed by atoms with Crippen molar-refractivity contribution in [2.24, 2.45) is 0 Å². The van der Waals surface area contributed by atoms with Gasteiger partial charge in [-0.25, -0.2) is 8.78 Å². The van der Waals surface area contributed by atoms with Crippen molar-refractivity contribution >= 4 is 0 Å². The van der Waals surface area contributed by atoms with Gasteiger partial charge >= 0.3 is 0 Å². The number of halogens is 2. The van der Waals surface area contributed by atoms with Crippen LogP contribution in [0.25, 0.3) is 0 Å². The number of nitrogens with zero attached hydrogens (tertiary/aromatic N) is 3. The molecule has 1 N–H and O–H groups in total. The molecule has 0 spiro atoms. The van der Waals surface area contributed by atoms with Gasteiger partial charge < -0.3 is 9.84 Å². The highest BCUT2D eigenvalue weighted by Gasteiger charge is 2.45. The summed E-state index contributed by atoms with van der Waals surface area (Å²) in [7, 11) is 2.03. The van der Waals surface area contributed by atoms with Crippen LogP contribution >= 0.6 is 0 Å². The summed E-state index contributed by atoms with van der Waals surface area (Å²) in [4.78, 5) is 6.68. The van der Waals surface area contributed by atoms with Gasteiger partial charge in [0.05, 0.1) is 6.04 Å². The maximum Gasteiger partial charge on any atom is 0.230 e. The average molecular weight is 320 g/mol. The summed E-state index contributed by atoms with van der Waals surface area (Å²) < 4.78 is 32.6. The van der Waals surface area contributed by atoms with Crippen LogP contribution in [0, 0.1) is 11.6 Å². The van der Waals surface area contributed by atoms with E-state index in [1.54, 1.807) is 6.07 Å². The van der Waals surface area contributed by atoms with Crippen molar-refractivity contribution < 1.29 is 13.3 Å². The van der Waals surface area contributed by atoms with Crippen LogP contribution in [0.5, 0.6) is 0 Å². The molecule has 1 aromatic heterocycles. The molecule has 1 aliphatic heterocycles. The fraction of sp³-hybridized carbons (Fsp3) is 0.500. The van der Waals surface area contributed by atoms with Crippen LogP contribution < -0.4 is 5.32 Å². The number of benzene rings is 1. The lowest BCUT2D eigenvalue weighted by atomic mass is 10.1. The number of aromatic nitrogens is 2. The van der Waals surface area contributed by atoms with Gasteiger partial charge in [-0.15, -0.1) is 0 Å². The maximum atomic E-state index is 13.9. The first-order valence-corrected chi connectivity index (χ1v) is 7.83. The largest absolute Gasteiger partial charge is 0.339 e. The number of hydrogen-bond donors (Lipinski definition) is 1. The van der Waals surface area contributed by atoms with E-state index in [9.17, 15) is 8.78 Å². The molecular formula is C16H18F2N4O. The fourth-order valence-electron chi connectivity index (χ4n) is 3.25. The molecule has 4 rings (SSSR count). The van der Waals surface area contributed by atoms with Crippen LogP contribution in [-0.4, -0.2) is 41.7 Å². The van der Waals surface area contributed by atoms with Gasteiger partial charge in [0.15, 0.2) is 17.5 Å². The first-order valence-electron chi connectivity index (χ1n) is 7.83. The minimum absolute atomic E-state index is 0.0191. The number of piperazine rings is 1. The smallest absolute Gasteiger partial charge is 0.230 e. The molecule has 23 heavy (non-hydrogen) atoms. The molecule has 1 aliphatic carbocycles. The summed E-state index contributed by atoms with van der Waals surface area (Å²) in [6, 6.07) is 4.38. The SMILES string of the molecule is CN1CCNCC1c1noc(C2CC2c2cccc(F)c2F)n1. The fourth-order valence-corrected chi connectivity index (χ4v) is 3.25. The molecule has 1 saturated carbocycles. The minimum atomic E-state index is -0.811. The van der Waals surface area contributed by atoms with E-state index in [1.807, 2.05) is 7.05 Å². The zero-order valence-electron chi connectivity index (χ0n) is 12.8. The Labute approximate surface area is 132 Å². The minimum Gasteiger partial charge on any atom is -0.339 e. The highest BCUT2D eigenvalue weighted by atomic mass is 19.2. The van der Waals surface area contributed by atoms with Gasteiger partial charge in [-0.2, -0.15) is 4.98 Å². The van der Waals surface area contributed by atoms with E-state index in [-0.39, 0.29) is 17.9 Å². The maximum absolute atomic E-state index is 13.9. The van der Waals surface area contributed by atoms with E-state index in [0.717, 1.165) is 25.7 Å². The third kappa shape index (κ3) is 2.64. The van der Waals surface area contributed by atoms with Gasteiger partial charge in [-0.3, -0.25) is 4.90 Å². The van der Waals surface area contributed by atoms with Crippen molar-refractivity contribution in [3.63, 3.8) is 0 Å². The Morgan fingerprint density at radius 3 is 3.00 bits per heavy atom. The summed E-state index contributed by atoms with van der Waals surface area (Å²) in [5.74, 6) is -0.506. The van der Waals surface area contributed by atoms with Crippen molar-refractivity contribution in [2.75, 3.05) is 26.7 Å². The zero-order valence-corrected chi connectivity index (χ0v) is 12.8. The van der Waals surface area contributed by atoms with Gasteiger partial charge in [0.2, 0.25) is 5.89 Å². The highest BCUT2D eigenvalue weighted by Crippen LogP contribution is 2.54. The Morgan fingerprint density at radius 2 is 2.17 bits per heavy atom. The lowest BCUT2D eigenvalue weighted by Gasteiger charge is -2.30. The highest BCUT2D eigenvalue weighted by molar-refractivity contribution is 5.32. The molecule has 3 unspecified atom stereocenters. The lowest BCUT2D eigenvalue weighted by Crippen LogP contribution is -2.44. The van der Waals surface area contributed by atoms with E-state index in [0.29, 0.717) is 23.7 Å². The molecule has 1 saturated heterocycles. The normalized spacial score (nSPS) is 28.0. The molecule has 0 radical (unpaired) electrons. The van der Waals surface area contributed by atoms with Crippen LogP contribution in [0.15, 0.2) is 22.7 Å². The Morgan fingerprint density at radius 1 is 1.30 bits per heavy atom. The number of likely N-dealkylation sites (N-methyl/N-ethyl adjacent to an activating group) is 1. The molecule has 122 valence electrons. The number of nitrogens with one attached hydrogen (secondary N) is 1. The van der Waals surface area contributed by atoms with Gasteiger partial charge in [0.1, 0.15) is 0 Å². The molecule has 0 bridgehead atoms. The summed E-state index contributed by atoms with van der Waals surface area (Å²) in [6.07, 6.45) is 0.709. The Bertz CT molecular complexity index is 720. The number of hydrogen-bond acceptors (Lipinski definition) is 5. The number of rotatable bonds is 3. The lowest BCUT2D eigenvalue weighted by molar-refractivity contribution is 0.190. The molecule has 0 amide bonds. The van der Waals surface area contributed by atoms with Crippen molar-refractivity contribution in [3.05, 3.63) is 47.1 Å². The van der Waals surface area contributed by atoms with E-state index in [2.05, 4.69) is 20.4 Å². The molecule has 2 aliphatic rings. The monoisotopic (exact) mass is 320 g/mol. The van der Waals surface area contributed by atoms with Gasteiger partial charge in [0.25, 0.3) is 0 Å². The predicted molar refractivity (Wildman–Crippen MR) is 79.0 cm³/mol. The van der Waals surface area contributed by atoms with E-state index < -0.39 is 11.6 Å². The third-order valence-corrected chi connectivity index (χ3v) is 4.76. The molecule has 2 fully saturated rings. The second-order valence-corrected chi connectivity index (χ2v) is 6.28.